The number of nitrogens with one attached hydrogen (secondary N) is 1. The average molecular weight is 428 g/mol. The molecule has 0 unspecified atom stereocenters. The predicted molar refractivity (Wildman–Crippen MR) is 110 cm³/mol. The van der Waals surface area contributed by atoms with E-state index in [2.05, 4.69) is 10.4 Å². The first-order valence-electron chi connectivity index (χ1n) is 9.12. The minimum Gasteiger partial charge on any atom is -0.497 e. The molecule has 30 heavy (non-hydrogen) atoms. The molecule has 0 saturated heterocycles. The largest absolute Gasteiger partial charge is 0.497 e. The summed E-state index contributed by atoms with van der Waals surface area (Å²) < 4.78 is 7.09. The number of anilines is 1. The smallest absolute Gasteiger partial charge is 0.354 e. The van der Waals surface area contributed by atoms with Gasteiger partial charge >= 0.3 is 11.7 Å². The first kappa shape index (κ1) is 19.7. The lowest BCUT2D eigenvalue weighted by Gasteiger charge is -2.15. The number of aromatic nitrogens is 3. The van der Waals surface area contributed by atoms with E-state index in [-0.39, 0.29) is 24.8 Å². The Bertz CT molecular complexity index is 1150. The second-order valence-electron chi connectivity index (χ2n) is 6.66. The Labute approximate surface area is 176 Å². The van der Waals surface area contributed by atoms with Crippen molar-refractivity contribution < 1.29 is 14.3 Å². The van der Waals surface area contributed by atoms with Crippen LogP contribution in [0.2, 0.25) is 5.02 Å². The topological polar surface area (TPSA) is 98.5 Å². The number of fused-ring (bicyclic) bond motifs is 1. The molecule has 0 fully saturated rings. The fourth-order valence-electron chi connectivity index (χ4n) is 3.14. The van der Waals surface area contributed by atoms with E-state index in [1.165, 1.54) is 4.90 Å². The molecule has 0 spiro atoms. The maximum Gasteiger partial charge on any atom is 0.354 e. The van der Waals surface area contributed by atoms with Crippen molar-refractivity contribution in [2.45, 2.75) is 19.6 Å². The summed E-state index contributed by atoms with van der Waals surface area (Å²) in [5, 5.41) is 7.48. The van der Waals surface area contributed by atoms with Gasteiger partial charge in [-0.2, -0.15) is 9.67 Å². The van der Waals surface area contributed by atoms with Gasteiger partial charge in [0.05, 0.1) is 13.7 Å². The summed E-state index contributed by atoms with van der Waals surface area (Å²) in [4.78, 5) is 38.9. The molecule has 1 N–H and O–H groups in total. The zero-order valence-electron chi connectivity index (χ0n) is 16.0. The predicted octanol–water partition coefficient (Wildman–Crippen LogP) is 2.01. The number of hydrogen-bond donors (Lipinski definition) is 1. The lowest BCUT2D eigenvalue weighted by molar-refractivity contribution is -0.122. The highest BCUT2D eigenvalue weighted by molar-refractivity contribution is 6.30. The lowest BCUT2D eigenvalue weighted by Crippen LogP contribution is -2.37. The summed E-state index contributed by atoms with van der Waals surface area (Å²) in [6.07, 6.45) is 0. The first-order chi connectivity index (χ1) is 14.5. The minimum absolute atomic E-state index is 0.139. The highest BCUT2D eigenvalue weighted by Gasteiger charge is 2.33. The molecular weight excluding hydrogens is 410 g/mol. The third-order valence-corrected chi connectivity index (χ3v) is 4.96. The summed E-state index contributed by atoms with van der Waals surface area (Å²) in [5.41, 5.74) is 0.850. The molecule has 1 aromatic heterocycles. The zero-order chi connectivity index (χ0) is 21.3. The molecule has 154 valence electrons. The van der Waals surface area contributed by atoms with Gasteiger partial charge in [0.25, 0.3) is 0 Å². The van der Waals surface area contributed by atoms with Crippen LogP contribution in [-0.2, 0) is 24.4 Å². The molecule has 2 aromatic carbocycles. The third kappa shape index (κ3) is 3.79. The van der Waals surface area contributed by atoms with E-state index >= 15 is 0 Å². The van der Waals surface area contributed by atoms with Crippen molar-refractivity contribution in [2.75, 3.05) is 12.0 Å². The molecule has 10 heteroatoms. The molecule has 0 bridgehead atoms. The van der Waals surface area contributed by atoms with E-state index in [4.69, 9.17) is 16.3 Å². The van der Waals surface area contributed by atoms with Gasteiger partial charge in [-0.05, 0) is 42.0 Å². The van der Waals surface area contributed by atoms with Gasteiger partial charge in [-0.3, -0.25) is 9.69 Å². The van der Waals surface area contributed by atoms with Crippen molar-refractivity contribution in [1.82, 2.24) is 19.7 Å². The number of carbonyl (C=O) groups excluding carboxylic acids is 2. The molecule has 2 heterocycles. The Morgan fingerprint density at radius 2 is 1.83 bits per heavy atom. The van der Waals surface area contributed by atoms with E-state index in [0.29, 0.717) is 23.0 Å². The molecule has 0 saturated carbocycles. The maximum atomic E-state index is 12.7. The highest BCUT2D eigenvalue weighted by Crippen LogP contribution is 2.24. The summed E-state index contributed by atoms with van der Waals surface area (Å²) in [7, 11) is 1.56. The van der Waals surface area contributed by atoms with E-state index in [9.17, 15) is 14.4 Å². The summed E-state index contributed by atoms with van der Waals surface area (Å²) in [6.45, 7) is 0.157. The molecule has 0 radical (unpaired) electrons. The van der Waals surface area contributed by atoms with Crippen LogP contribution in [0.5, 0.6) is 5.75 Å². The Kier molecular flexibility index (Phi) is 5.28. The number of ether oxygens (including phenoxy) is 1. The maximum absolute atomic E-state index is 12.7. The number of methoxy groups -OCH3 is 1. The molecule has 2 amide bonds. The Hall–Kier alpha value is -3.59. The molecular formula is C20H18ClN5O4. The second-order valence-corrected chi connectivity index (χ2v) is 7.10. The van der Waals surface area contributed by atoms with Gasteiger partial charge in [0.1, 0.15) is 12.3 Å². The van der Waals surface area contributed by atoms with Gasteiger partial charge in [0.2, 0.25) is 5.91 Å². The van der Waals surface area contributed by atoms with Crippen LogP contribution in [0.15, 0.2) is 53.3 Å². The summed E-state index contributed by atoms with van der Waals surface area (Å²) >= 11 is 5.84. The molecule has 1 aliphatic heterocycles. The Morgan fingerprint density at radius 1 is 1.13 bits per heavy atom. The van der Waals surface area contributed by atoms with Crippen LogP contribution in [-0.4, -0.2) is 33.4 Å². The number of amides is 2. The van der Waals surface area contributed by atoms with Crippen LogP contribution >= 0.6 is 11.6 Å². The van der Waals surface area contributed by atoms with Gasteiger partial charge in [-0.25, -0.2) is 14.3 Å². The zero-order valence-corrected chi connectivity index (χ0v) is 16.8. The monoisotopic (exact) mass is 427 g/mol. The standard InChI is InChI=1S/C20H18ClN5O4/c1-30-16-8-6-15(7-9-16)24-11-17-23-25(20(29)26(17)19(24)28)12-18(27)22-10-13-2-4-14(21)5-3-13/h2-9H,10-12H2,1H3,(H,22,27). The van der Waals surface area contributed by atoms with Crippen molar-refractivity contribution in [2.24, 2.45) is 0 Å². The molecule has 0 aliphatic carbocycles. The van der Waals surface area contributed by atoms with Crippen LogP contribution in [0.3, 0.4) is 0 Å². The Balaban J connectivity index is 1.43. The molecule has 0 atom stereocenters. The van der Waals surface area contributed by atoms with Gasteiger partial charge < -0.3 is 10.1 Å². The van der Waals surface area contributed by atoms with Gasteiger partial charge in [-0.1, -0.05) is 23.7 Å². The number of halogens is 1. The van der Waals surface area contributed by atoms with Crippen molar-refractivity contribution in [3.63, 3.8) is 0 Å². The second kappa shape index (κ2) is 8.03. The molecule has 4 rings (SSSR count). The third-order valence-electron chi connectivity index (χ3n) is 4.71. The van der Waals surface area contributed by atoms with Gasteiger partial charge in [0.15, 0.2) is 5.82 Å². The molecule has 3 aromatic rings. The number of carbonyl (C=O) groups is 2. The number of nitrogens with zero attached hydrogens (tertiary/aromatic N) is 4. The van der Waals surface area contributed by atoms with Crippen molar-refractivity contribution in [3.8, 4) is 5.75 Å². The van der Waals surface area contributed by atoms with Crippen LogP contribution in [0.25, 0.3) is 0 Å². The van der Waals surface area contributed by atoms with E-state index < -0.39 is 11.7 Å². The Morgan fingerprint density at radius 3 is 2.47 bits per heavy atom. The van der Waals surface area contributed by atoms with E-state index in [0.717, 1.165) is 14.8 Å². The van der Waals surface area contributed by atoms with Crippen molar-refractivity contribution >= 4 is 29.2 Å². The van der Waals surface area contributed by atoms with Crippen molar-refractivity contribution in [1.29, 1.82) is 0 Å². The van der Waals surface area contributed by atoms with Gasteiger partial charge in [0, 0.05) is 17.3 Å². The minimum atomic E-state index is -0.646. The number of hydrogen-bond acceptors (Lipinski definition) is 5. The van der Waals surface area contributed by atoms with Crippen LogP contribution in [0, 0.1) is 0 Å². The number of benzene rings is 2. The van der Waals surface area contributed by atoms with Crippen LogP contribution in [0.4, 0.5) is 10.5 Å². The van der Waals surface area contributed by atoms with Crippen LogP contribution < -0.4 is 20.6 Å². The van der Waals surface area contributed by atoms with E-state index in [1.54, 1.807) is 55.6 Å². The normalized spacial score (nSPS) is 12.7. The van der Waals surface area contributed by atoms with Gasteiger partial charge in [-0.15, -0.1) is 0 Å². The van der Waals surface area contributed by atoms with E-state index in [1.807, 2.05) is 0 Å². The van der Waals surface area contributed by atoms with Crippen molar-refractivity contribution in [3.05, 3.63) is 75.4 Å². The molecule has 1 aliphatic rings. The summed E-state index contributed by atoms with van der Waals surface area (Å²) in [6, 6.07) is 13.5. The lowest BCUT2D eigenvalue weighted by atomic mass is 10.2. The average Bonchev–Trinajstić information content (AvgIpc) is 3.24. The van der Waals surface area contributed by atoms with Crippen LogP contribution in [0.1, 0.15) is 11.4 Å². The fourth-order valence-corrected chi connectivity index (χ4v) is 3.26. The SMILES string of the molecule is COc1ccc(N2Cc3nn(CC(=O)NCc4ccc(Cl)cc4)c(=O)n3C2=O)cc1. The first-order valence-corrected chi connectivity index (χ1v) is 9.50. The highest BCUT2D eigenvalue weighted by atomic mass is 35.5. The quantitative estimate of drug-likeness (QED) is 0.648. The number of rotatable bonds is 6. The summed E-state index contributed by atoms with van der Waals surface area (Å²) in [5.74, 6) is 0.560. The fraction of sp³-hybridized carbons (Fsp3) is 0.200. The molecule has 9 nitrogen and oxygen atoms in total.